The second kappa shape index (κ2) is 6.90. The average molecular weight is 321 g/mol. The van der Waals surface area contributed by atoms with E-state index < -0.39 is 10.8 Å². The zero-order valence-electron chi connectivity index (χ0n) is 10.2. The molecule has 0 aromatic carbocycles. The number of hydrogen-bond acceptors (Lipinski definition) is 5. The lowest BCUT2D eigenvalue weighted by Gasteiger charge is -2.14. The first kappa shape index (κ1) is 14.4. The van der Waals surface area contributed by atoms with Crippen molar-refractivity contribution in [2.75, 3.05) is 29.2 Å². The number of hydrogen-bond donors (Lipinski definition) is 2. The molecular weight excluding hydrogens is 304 g/mol. The van der Waals surface area contributed by atoms with Crippen molar-refractivity contribution in [2.24, 2.45) is 0 Å². The Bertz CT molecular complexity index is 402. The van der Waals surface area contributed by atoms with Crippen LogP contribution in [0.1, 0.15) is 13.8 Å². The van der Waals surface area contributed by atoms with Crippen LogP contribution in [0.4, 0.5) is 11.8 Å². The van der Waals surface area contributed by atoms with Crippen molar-refractivity contribution in [1.29, 1.82) is 0 Å². The van der Waals surface area contributed by atoms with Gasteiger partial charge in [0, 0.05) is 41.6 Å². The highest BCUT2D eigenvalue weighted by molar-refractivity contribution is 9.10. The van der Waals surface area contributed by atoms with Gasteiger partial charge >= 0.3 is 0 Å². The third-order valence-electron chi connectivity index (χ3n) is 1.95. The van der Waals surface area contributed by atoms with Gasteiger partial charge in [0.25, 0.3) is 0 Å². The Morgan fingerprint density at radius 1 is 1.59 bits per heavy atom. The van der Waals surface area contributed by atoms with E-state index in [1.54, 1.807) is 12.5 Å². The fraction of sp³-hybridized carbons (Fsp3) is 0.600. The summed E-state index contributed by atoms with van der Waals surface area (Å²) in [6.45, 7) is 4.74. The molecule has 0 spiro atoms. The lowest BCUT2D eigenvalue weighted by atomic mass is 10.4. The summed E-state index contributed by atoms with van der Waals surface area (Å²) in [5, 5.41) is 6.26. The molecule has 0 radical (unpaired) electrons. The number of anilines is 2. The molecule has 1 heterocycles. The second-order valence-electron chi connectivity index (χ2n) is 3.71. The summed E-state index contributed by atoms with van der Waals surface area (Å²) in [6.07, 6.45) is 3.39. The third kappa shape index (κ3) is 4.99. The molecule has 0 saturated carbocycles. The first-order chi connectivity index (χ1) is 8.02. The third-order valence-corrected chi connectivity index (χ3v) is 3.50. The predicted molar refractivity (Wildman–Crippen MR) is 75.9 cm³/mol. The van der Waals surface area contributed by atoms with E-state index in [1.807, 2.05) is 13.8 Å². The molecule has 5 nitrogen and oxygen atoms in total. The van der Waals surface area contributed by atoms with Crippen LogP contribution in [0.15, 0.2) is 10.7 Å². The van der Waals surface area contributed by atoms with Crippen molar-refractivity contribution in [1.82, 2.24) is 9.97 Å². The van der Waals surface area contributed by atoms with Gasteiger partial charge in [-0.3, -0.25) is 4.21 Å². The van der Waals surface area contributed by atoms with E-state index in [-0.39, 0.29) is 6.04 Å². The highest BCUT2D eigenvalue weighted by Crippen LogP contribution is 2.20. The highest BCUT2D eigenvalue weighted by atomic mass is 79.9. The topological polar surface area (TPSA) is 66.9 Å². The minimum atomic E-state index is -0.822. The second-order valence-corrected chi connectivity index (χ2v) is 6.04. The zero-order chi connectivity index (χ0) is 12.8. The van der Waals surface area contributed by atoms with Crippen LogP contribution in [-0.2, 0) is 10.8 Å². The Kier molecular flexibility index (Phi) is 5.84. The van der Waals surface area contributed by atoms with Crippen LogP contribution in [0.2, 0.25) is 0 Å². The molecule has 7 heteroatoms. The quantitative estimate of drug-likeness (QED) is 0.837. The van der Waals surface area contributed by atoms with Crippen molar-refractivity contribution >= 4 is 38.5 Å². The fourth-order valence-corrected chi connectivity index (χ4v) is 2.43. The normalized spacial score (nSPS) is 14.1. The van der Waals surface area contributed by atoms with Crippen molar-refractivity contribution in [2.45, 2.75) is 19.9 Å². The predicted octanol–water partition coefficient (Wildman–Crippen LogP) is 1.85. The van der Waals surface area contributed by atoms with Gasteiger partial charge < -0.3 is 10.6 Å². The fourth-order valence-electron chi connectivity index (χ4n) is 1.34. The molecule has 0 amide bonds. The minimum Gasteiger partial charge on any atom is -0.366 e. The molecule has 0 aliphatic rings. The Labute approximate surface area is 112 Å². The molecule has 2 N–H and O–H groups in total. The maximum absolute atomic E-state index is 11.1. The van der Waals surface area contributed by atoms with Gasteiger partial charge in [0.2, 0.25) is 5.95 Å². The molecule has 0 aliphatic carbocycles. The van der Waals surface area contributed by atoms with E-state index in [2.05, 4.69) is 36.5 Å². The average Bonchev–Trinajstić information content (AvgIpc) is 2.22. The van der Waals surface area contributed by atoms with Crippen LogP contribution in [-0.4, -0.2) is 38.8 Å². The minimum absolute atomic E-state index is 0.0986. The van der Waals surface area contributed by atoms with E-state index in [4.69, 9.17) is 0 Å². The van der Waals surface area contributed by atoms with E-state index in [0.717, 1.165) is 11.0 Å². The van der Waals surface area contributed by atoms with E-state index in [9.17, 15) is 4.21 Å². The number of nitrogens with zero attached hydrogens (tertiary/aromatic N) is 2. The molecule has 2 unspecified atom stereocenters. The maximum atomic E-state index is 11.1. The van der Waals surface area contributed by atoms with Crippen LogP contribution < -0.4 is 10.6 Å². The molecule has 1 aromatic rings. The first-order valence-corrected chi connectivity index (χ1v) is 7.88. The van der Waals surface area contributed by atoms with E-state index in [0.29, 0.717) is 17.5 Å². The molecular formula is C10H17BrN4OS. The molecule has 0 bridgehead atoms. The summed E-state index contributed by atoms with van der Waals surface area (Å²) in [7, 11) is -0.822. The van der Waals surface area contributed by atoms with Crippen LogP contribution in [0.25, 0.3) is 0 Å². The van der Waals surface area contributed by atoms with Crippen molar-refractivity contribution in [3.8, 4) is 0 Å². The van der Waals surface area contributed by atoms with Gasteiger partial charge in [-0.25, -0.2) is 4.98 Å². The lowest BCUT2D eigenvalue weighted by molar-refractivity contribution is 0.683. The van der Waals surface area contributed by atoms with Gasteiger partial charge in [-0.15, -0.1) is 0 Å². The summed E-state index contributed by atoms with van der Waals surface area (Å²) in [6, 6.07) is 0.0986. The SMILES string of the molecule is CCNc1ncc(Br)c(NC(C)CS(C)=O)n1. The van der Waals surface area contributed by atoms with E-state index >= 15 is 0 Å². The standard InChI is InChI=1S/C10H17BrN4OS/c1-4-12-10-13-5-8(11)9(15-10)14-7(2)6-17(3)16/h5,7H,4,6H2,1-3H3,(H2,12,13,14,15). The summed E-state index contributed by atoms with van der Waals surface area (Å²) in [5.74, 6) is 1.89. The van der Waals surface area contributed by atoms with Crippen LogP contribution in [0, 0.1) is 0 Å². The molecule has 96 valence electrons. The number of nitrogens with one attached hydrogen (secondary N) is 2. The zero-order valence-corrected chi connectivity index (χ0v) is 12.6. The number of halogens is 1. The number of rotatable bonds is 6. The van der Waals surface area contributed by atoms with Crippen LogP contribution in [0.5, 0.6) is 0 Å². The van der Waals surface area contributed by atoms with Gasteiger partial charge in [0.05, 0.1) is 4.47 Å². The maximum Gasteiger partial charge on any atom is 0.224 e. The van der Waals surface area contributed by atoms with Gasteiger partial charge in [-0.1, -0.05) is 0 Å². The van der Waals surface area contributed by atoms with Crippen molar-refractivity contribution < 1.29 is 4.21 Å². The molecule has 2 atom stereocenters. The molecule has 0 saturated heterocycles. The molecule has 1 rings (SSSR count). The van der Waals surface area contributed by atoms with Crippen molar-refractivity contribution in [3.05, 3.63) is 10.7 Å². The largest absolute Gasteiger partial charge is 0.366 e. The molecule has 1 aromatic heterocycles. The Morgan fingerprint density at radius 2 is 2.29 bits per heavy atom. The molecule has 17 heavy (non-hydrogen) atoms. The highest BCUT2D eigenvalue weighted by Gasteiger charge is 2.09. The van der Waals surface area contributed by atoms with Gasteiger partial charge in [0.1, 0.15) is 5.82 Å². The van der Waals surface area contributed by atoms with Gasteiger partial charge in [-0.2, -0.15) is 4.98 Å². The summed E-state index contributed by atoms with van der Waals surface area (Å²) < 4.78 is 11.9. The Hall–Kier alpha value is -0.690. The Morgan fingerprint density at radius 3 is 2.88 bits per heavy atom. The monoisotopic (exact) mass is 320 g/mol. The van der Waals surface area contributed by atoms with Crippen molar-refractivity contribution in [3.63, 3.8) is 0 Å². The summed E-state index contributed by atoms with van der Waals surface area (Å²) in [4.78, 5) is 8.46. The smallest absolute Gasteiger partial charge is 0.224 e. The van der Waals surface area contributed by atoms with Gasteiger partial charge in [0.15, 0.2) is 0 Å². The first-order valence-electron chi connectivity index (χ1n) is 5.36. The Balaban J connectivity index is 2.74. The van der Waals surface area contributed by atoms with Crippen LogP contribution >= 0.6 is 15.9 Å². The lowest BCUT2D eigenvalue weighted by Crippen LogP contribution is -2.23. The van der Waals surface area contributed by atoms with E-state index in [1.165, 1.54) is 0 Å². The van der Waals surface area contributed by atoms with Crippen LogP contribution in [0.3, 0.4) is 0 Å². The molecule has 0 fully saturated rings. The molecule has 0 aliphatic heterocycles. The summed E-state index contributed by atoms with van der Waals surface area (Å²) >= 11 is 3.39. The summed E-state index contributed by atoms with van der Waals surface area (Å²) in [5.41, 5.74) is 0. The van der Waals surface area contributed by atoms with Gasteiger partial charge in [-0.05, 0) is 29.8 Å². The number of aromatic nitrogens is 2.